The van der Waals surface area contributed by atoms with Gasteiger partial charge in [-0.15, -0.1) is 13.2 Å². The summed E-state index contributed by atoms with van der Waals surface area (Å²) in [5.74, 6) is -0.232. The maximum Gasteiger partial charge on any atom is 0.573 e. The van der Waals surface area contributed by atoms with Crippen LogP contribution in [0.1, 0.15) is 30.7 Å². The van der Waals surface area contributed by atoms with Crippen molar-refractivity contribution in [1.29, 1.82) is 0 Å². The zero-order chi connectivity index (χ0) is 12.5. The van der Waals surface area contributed by atoms with E-state index in [1.807, 2.05) is 0 Å². The Morgan fingerprint density at radius 1 is 1.35 bits per heavy atom. The molecular formula is C12H13F3NO. The van der Waals surface area contributed by atoms with Gasteiger partial charge < -0.3 is 10.5 Å². The molecule has 1 aliphatic rings. The smallest absolute Gasteiger partial charge is 0.405 e. The SMILES string of the molecule is NC1CCCC1c1cc[c]cc1OC(F)(F)F. The second-order valence-corrected chi connectivity index (χ2v) is 4.21. The number of rotatable bonds is 2. The first kappa shape index (κ1) is 12.2. The largest absolute Gasteiger partial charge is 0.573 e. The van der Waals surface area contributed by atoms with Crippen LogP contribution in [0.3, 0.4) is 0 Å². The van der Waals surface area contributed by atoms with E-state index in [2.05, 4.69) is 10.8 Å². The van der Waals surface area contributed by atoms with Gasteiger partial charge in [-0.2, -0.15) is 0 Å². The summed E-state index contributed by atoms with van der Waals surface area (Å²) in [6.07, 6.45) is -2.09. The van der Waals surface area contributed by atoms with E-state index in [4.69, 9.17) is 5.73 Å². The summed E-state index contributed by atoms with van der Waals surface area (Å²) in [5.41, 5.74) is 6.43. The molecule has 1 fully saturated rings. The van der Waals surface area contributed by atoms with Crippen molar-refractivity contribution < 1.29 is 17.9 Å². The second-order valence-electron chi connectivity index (χ2n) is 4.21. The van der Waals surface area contributed by atoms with E-state index >= 15 is 0 Å². The summed E-state index contributed by atoms with van der Waals surface area (Å²) in [7, 11) is 0. The highest BCUT2D eigenvalue weighted by atomic mass is 19.4. The number of halogens is 3. The van der Waals surface area contributed by atoms with Crippen molar-refractivity contribution in [2.75, 3.05) is 0 Å². The molecule has 17 heavy (non-hydrogen) atoms. The highest BCUT2D eigenvalue weighted by Crippen LogP contribution is 2.39. The highest BCUT2D eigenvalue weighted by Gasteiger charge is 2.34. The third-order valence-electron chi connectivity index (χ3n) is 3.05. The van der Waals surface area contributed by atoms with Crippen LogP contribution in [-0.4, -0.2) is 12.4 Å². The van der Waals surface area contributed by atoms with E-state index in [9.17, 15) is 13.2 Å². The molecule has 2 atom stereocenters. The molecule has 0 bridgehead atoms. The molecular weight excluding hydrogens is 231 g/mol. The lowest BCUT2D eigenvalue weighted by Gasteiger charge is -2.20. The molecule has 93 valence electrons. The molecule has 0 amide bonds. The summed E-state index contributed by atoms with van der Waals surface area (Å²) in [4.78, 5) is 0. The molecule has 1 aromatic carbocycles. The Labute approximate surface area is 97.6 Å². The average molecular weight is 244 g/mol. The summed E-state index contributed by atoms with van der Waals surface area (Å²) >= 11 is 0. The predicted octanol–water partition coefficient (Wildman–Crippen LogP) is 2.98. The summed E-state index contributed by atoms with van der Waals surface area (Å²) in [5, 5.41) is 0. The van der Waals surface area contributed by atoms with Crippen LogP contribution in [0.2, 0.25) is 0 Å². The van der Waals surface area contributed by atoms with Crippen LogP contribution < -0.4 is 10.5 Å². The van der Waals surface area contributed by atoms with Crippen molar-refractivity contribution in [2.45, 2.75) is 37.6 Å². The zero-order valence-electron chi connectivity index (χ0n) is 9.13. The van der Waals surface area contributed by atoms with Crippen LogP contribution >= 0.6 is 0 Å². The lowest BCUT2D eigenvalue weighted by atomic mass is 9.94. The van der Waals surface area contributed by atoms with Crippen molar-refractivity contribution in [3.05, 3.63) is 29.8 Å². The fraction of sp³-hybridized carbons (Fsp3) is 0.500. The summed E-state index contributed by atoms with van der Waals surface area (Å²) < 4.78 is 40.7. The molecule has 2 rings (SSSR count). The Morgan fingerprint density at radius 3 is 2.71 bits per heavy atom. The van der Waals surface area contributed by atoms with E-state index in [0.717, 1.165) is 19.3 Å². The number of hydrogen-bond acceptors (Lipinski definition) is 2. The van der Waals surface area contributed by atoms with Crippen molar-refractivity contribution >= 4 is 0 Å². The minimum absolute atomic E-state index is 0.0538. The Bertz CT molecular complexity index is 392. The van der Waals surface area contributed by atoms with Gasteiger partial charge >= 0.3 is 6.36 Å². The normalized spacial score (nSPS) is 24.9. The van der Waals surface area contributed by atoms with Crippen LogP contribution in [-0.2, 0) is 0 Å². The topological polar surface area (TPSA) is 35.2 Å². The van der Waals surface area contributed by atoms with Crippen molar-refractivity contribution in [3.8, 4) is 5.75 Å². The maximum atomic E-state index is 12.2. The average Bonchev–Trinajstić information content (AvgIpc) is 2.63. The Balaban J connectivity index is 2.27. The van der Waals surface area contributed by atoms with E-state index in [1.165, 1.54) is 6.07 Å². The summed E-state index contributed by atoms with van der Waals surface area (Å²) in [6.45, 7) is 0. The van der Waals surface area contributed by atoms with Gasteiger partial charge in [-0.1, -0.05) is 18.6 Å². The van der Waals surface area contributed by atoms with E-state index in [1.54, 1.807) is 12.1 Å². The van der Waals surface area contributed by atoms with Gasteiger partial charge in [-0.05, 0) is 30.5 Å². The maximum absolute atomic E-state index is 12.2. The van der Waals surface area contributed by atoms with Crippen LogP contribution in [0.15, 0.2) is 18.2 Å². The lowest BCUT2D eigenvalue weighted by molar-refractivity contribution is -0.275. The fourth-order valence-corrected chi connectivity index (χ4v) is 2.32. The van der Waals surface area contributed by atoms with Gasteiger partial charge in [0.2, 0.25) is 0 Å². The first-order chi connectivity index (χ1) is 7.97. The zero-order valence-corrected chi connectivity index (χ0v) is 9.13. The number of ether oxygens (including phenoxy) is 1. The van der Waals surface area contributed by atoms with E-state index < -0.39 is 6.36 Å². The van der Waals surface area contributed by atoms with Gasteiger partial charge in [0.15, 0.2) is 0 Å². The number of nitrogens with two attached hydrogens (primary N) is 1. The monoisotopic (exact) mass is 244 g/mol. The molecule has 1 aromatic rings. The van der Waals surface area contributed by atoms with Crippen LogP contribution in [0, 0.1) is 6.07 Å². The predicted molar refractivity (Wildman–Crippen MR) is 56.5 cm³/mol. The molecule has 1 aliphatic carbocycles. The van der Waals surface area contributed by atoms with Crippen LogP contribution in [0.5, 0.6) is 5.75 Å². The Kier molecular flexibility index (Phi) is 3.28. The fourth-order valence-electron chi connectivity index (χ4n) is 2.32. The molecule has 2 nitrogen and oxygen atoms in total. The number of alkyl halides is 3. The van der Waals surface area contributed by atoms with Gasteiger partial charge in [0.1, 0.15) is 5.75 Å². The molecule has 0 aliphatic heterocycles. The molecule has 5 heteroatoms. The van der Waals surface area contributed by atoms with Crippen LogP contribution in [0.4, 0.5) is 13.2 Å². The molecule has 2 N–H and O–H groups in total. The molecule has 2 unspecified atom stereocenters. The van der Waals surface area contributed by atoms with Crippen molar-refractivity contribution in [3.63, 3.8) is 0 Å². The minimum atomic E-state index is -4.67. The quantitative estimate of drug-likeness (QED) is 0.868. The highest BCUT2D eigenvalue weighted by molar-refractivity contribution is 5.37. The second kappa shape index (κ2) is 4.56. The molecule has 1 radical (unpaired) electrons. The van der Waals surface area contributed by atoms with E-state index in [-0.39, 0.29) is 17.7 Å². The molecule has 0 saturated heterocycles. The van der Waals surface area contributed by atoms with Gasteiger partial charge in [0.25, 0.3) is 0 Å². The van der Waals surface area contributed by atoms with Gasteiger partial charge in [-0.3, -0.25) is 0 Å². The molecule has 0 heterocycles. The van der Waals surface area contributed by atoms with Crippen molar-refractivity contribution in [2.24, 2.45) is 5.73 Å². The molecule has 0 spiro atoms. The number of benzene rings is 1. The van der Waals surface area contributed by atoms with E-state index in [0.29, 0.717) is 5.56 Å². The number of hydrogen-bond donors (Lipinski definition) is 1. The minimum Gasteiger partial charge on any atom is -0.405 e. The third kappa shape index (κ3) is 2.91. The summed E-state index contributed by atoms with van der Waals surface area (Å²) in [6, 6.07) is 6.92. The van der Waals surface area contributed by atoms with Crippen LogP contribution in [0.25, 0.3) is 0 Å². The third-order valence-corrected chi connectivity index (χ3v) is 3.05. The molecule has 1 saturated carbocycles. The first-order valence-electron chi connectivity index (χ1n) is 5.49. The Hall–Kier alpha value is -1.23. The Morgan fingerprint density at radius 2 is 2.12 bits per heavy atom. The van der Waals surface area contributed by atoms with Crippen molar-refractivity contribution in [1.82, 2.24) is 0 Å². The molecule has 0 aromatic heterocycles. The van der Waals surface area contributed by atoms with Gasteiger partial charge in [0.05, 0.1) is 0 Å². The standard InChI is InChI=1S/C12H13F3NO/c13-12(14,15)17-11-7-2-1-4-9(11)8-5-3-6-10(8)16/h1,4,7-8,10H,3,5-6,16H2. The van der Waals surface area contributed by atoms with Gasteiger partial charge in [-0.25, -0.2) is 0 Å². The lowest BCUT2D eigenvalue weighted by Crippen LogP contribution is -2.24. The first-order valence-corrected chi connectivity index (χ1v) is 5.49. The van der Waals surface area contributed by atoms with Gasteiger partial charge in [0, 0.05) is 12.0 Å².